The molecular formula is C18H26O6. The summed E-state index contributed by atoms with van der Waals surface area (Å²) in [5.41, 5.74) is 0.507. The van der Waals surface area contributed by atoms with Crippen molar-refractivity contribution in [3.05, 3.63) is 23.8 Å². The van der Waals surface area contributed by atoms with Crippen LogP contribution in [0.4, 0.5) is 0 Å². The zero-order chi connectivity index (χ0) is 17.9. The molecule has 0 aromatic rings. The van der Waals surface area contributed by atoms with E-state index in [2.05, 4.69) is 0 Å². The molecule has 0 radical (unpaired) electrons. The zero-order valence-electron chi connectivity index (χ0n) is 14.9. The maximum atomic E-state index is 12.1. The van der Waals surface area contributed by atoms with Crippen molar-refractivity contribution >= 4 is 11.9 Å². The third-order valence-corrected chi connectivity index (χ3v) is 4.12. The predicted molar refractivity (Wildman–Crippen MR) is 87.1 cm³/mol. The van der Waals surface area contributed by atoms with Crippen molar-refractivity contribution < 1.29 is 28.5 Å². The standard InChI is InChI=1S/C18H26O6/c1-6-11(2)17(20)22-15(14-9-10-16(19)21-14)8-7-13-12(3)23-18(4,5)24-13/h6-8,12-15H,9-10H2,1-5H3/b8-7+,11-6+/t12-,13+,14+,15+/m0/s1. The van der Waals surface area contributed by atoms with Crippen molar-refractivity contribution in [3.8, 4) is 0 Å². The van der Waals surface area contributed by atoms with Gasteiger partial charge in [-0.3, -0.25) is 4.79 Å². The van der Waals surface area contributed by atoms with Crippen molar-refractivity contribution in [3.63, 3.8) is 0 Å². The highest BCUT2D eigenvalue weighted by molar-refractivity contribution is 5.87. The molecule has 4 atom stereocenters. The molecule has 0 aromatic carbocycles. The summed E-state index contributed by atoms with van der Waals surface area (Å²) in [6.07, 6.45) is 4.62. The molecule has 134 valence electrons. The Bertz CT molecular complexity index is 548. The van der Waals surface area contributed by atoms with Gasteiger partial charge >= 0.3 is 11.9 Å². The van der Waals surface area contributed by atoms with E-state index in [-0.39, 0.29) is 18.2 Å². The Kier molecular flexibility index (Phi) is 5.83. The van der Waals surface area contributed by atoms with Gasteiger partial charge in [0.25, 0.3) is 0 Å². The number of esters is 2. The molecule has 0 amide bonds. The summed E-state index contributed by atoms with van der Waals surface area (Å²) in [5.74, 6) is -1.35. The summed E-state index contributed by atoms with van der Waals surface area (Å²) in [6, 6.07) is 0. The first-order valence-corrected chi connectivity index (χ1v) is 8.29. The average Bonchev–Trinajstić information content (AvgIpc) is 3.04. The van der Waals surface area contributed by atoms with Gasteiger partial charge in [-0.15, -0.1) is 0 Å². The summed E-state index contributed by atoms with van der Waals surface area (Å²) < 4.78 is 22.3. The lowest BCUT2D eigenvalue weighted by Gasteiger charge is -2.21. The predicted octanol–water partition coefficient (Wildman–Crippen LogP) is 2.67. The number of allylic oxidation sites excluding steroid dienone is 1. The van der Waals surface area contributed by atoms with Crippen LogP contribution in [0.15, 0.2) is 23.8 Å². The molecule has 6 nitrogen and oxygen atoms in total. The first-order chi connectivity index (χ1) is 11.2. The highest BCUT2D eigenvalue weighted by Gasteiger charge is 2.38. The van der Waals surface area contributed by atoms with E-state index >= 15 is 0 Å². The fourth-order valence-corrected chi connectivity index (χ4v) is 2.73. The van der Waals surface area contributed by atoms with E-state index < -0.39 is 24.0 Å². The Morgan fingerprint density at radius 2 is 2.08 bits per heavy atom. The summed E-state index contributed by atoms with van der Waals surface area (Å²) in [7, 11) is 0. The topological polar surface area (TPSA) is 71.1 Å². The van der Waals surface area contributed by atoms with Crippen molar-refractivity contribution in [2.24, 2.45) is 0 Å². The molecule has 0 spiro atoms. The summed E-state index contributed by atoms with van der Waals surface area (Å²) in [5, 5.41) is 0. The molecule has 2 aliphatic rings. The quantitative estimate of drug-likeness (QED) is 0.436. The average molecular weight is 338 g/mol. The molecule has 2 fully saturated rings. The lowest BCUT2D eigenvalue weighted by atomic mass is 10.1. The van der Waals surface area contributed by atoms with Gasteiger partial charge in [-0.2, -0.15) is 0 Å². The second kappa shape index (κ2) is 7.49. The van der Waals surface area contributed by atoms with Crippen LogP contribution in [0.25, 0.3) is 0 Å². The molecule has 2 saturated heterocycles. The fourth-order valence-electron chi connectivity index (χ4n) is 2.73. The van der Waals surface area contributed by atoms with Gasteiger partial charge in [0.1, 0.15) is 12.2 Å². The number of rotatable bonds is 5. The van der Waals surface area contributed by atoms with Crippen LogP contribution >= 0.6 is 0 Å². The Hall–Kier alpha value is -1.66. The van der Waals surface area contributed by atoms with E-state index in [4.69, 9.17) is 18.9 Å². The molecule has 0 N–H and O–H groups in total. The first-order valence-electron chi connectivity index (χ1n) is 8.29. The molecule has 0 aliphatic carbocycles. The lowest BCUT2D eigenvalue weighted by Crippen LogP contribution is -2.30. The van der Waals surface area contributed by atoms with Crippen molar-refractivity contribution in [1.29, 1.82) is 0 Å². The normalized spacial score (nSPS) is 31.3. The number of carbonyl (C=O) groups excluding carboxylic acids is 2. The number of ether oxygens (including phenoxy) is 4. The van der Waals surface area contributed by atoms with Gasteiger partial charge in [0.15, 0.2) is 11.9 Å². The van der Waals surface area contributed by atoms with Crippen molar-refractivity contribution in [2.45, 2.75) is 77.7 Å². The van der Waals surface area contributed by atoms with E-state index in [9.17, 15) is 9.59 Å². The minimum absolute atomic E-state index is 0.115. The number of hydrogen-bond acceptors (Lipinski definition) is 6. The zero-order valence-corrected chi connectivity index (χ0v) is 14.9. The van der Waals surface area contributed by atoms with Crippen LogP contribution in [-0.2, 0) is 28.5 Å². The first kappa shape index (κ1) is 18.7. The SMILES string of the molecule is C/C=C(\C)C(=O)O[C@H](/C=C/[C@H]1OC(C)(C)O[C@H]1C)[C@H]1CCC(=O)O1. The molecule has 6 heteroatoms. The maximum absolute atomic E-state index is 12.1. The highest BCUT2D eigenvalue weighted by Crippen LogP contribution is 2.29. The van der Waals surface area contributed by atoms with Crippen LogP contribution in [0.1, 0.15) is 47.5 Å². The van der Waals surface area contributed by atoms with Crippen LogP contribution in [0, 0.1) is 0 Å². The van der Waals surface area contributed by atoms with E-state index in [1.54, 1.807) is 26.0 Å². The van der Waals surface area contributed by atoms with E-state index in [1.165, 1.54) is 0 Å². The van der Waals surface area contributed by atoms with E-state index in [0.29, 0.717) is 18.4 Å². The number of hydrogen-bond donors (Lipinski definition) is 0. The molecule has 0 unspecified atom stereocenters. The molecule has 2 rings (SSSR count). The fraction of sp³-hybridized carbons (Fsp3) is 0.667. The third kappa shape index (κ3) is 4.68. The van der Waals surface area contributed by atoms with Crippen LogP contribution in [0.5, 0.6) is 0 Å². The minimum atomic E-state index is -0.651. The van der Waals surface area contributed by atoms with Gasteiger partial charge in [0.05, 0.1) is 6.10 Å². The second-order valence-corrected chi connectivity index (χ2v) is 6.60. The maximum Gasteiger partial charge on any atom is 0.334 e. The van der Waals surface area contributed by atoms with Gasteiger partial charge in [-0.25, -0.2) is 4.79 Å². The van der Waals surface area contributed by atoms with Crippen LogP contribution < -0.4 is 0 Å². The Morgan fingerprint density at radius 1 is 1.38 bits per heavy atom. The van der Waals surface area contributed by atoms with Crippen LogP contribution in [-0.4, -0.2) is 42.1 Å². The largest absolute Gasteiger partial charge is 0.458 e. The third-order valence-electron chi connectivity index (χ3n) is 4.12. The Balaban J connectivity index is 2.09. The Labute approximate surface area is 142 Å². The molecular weight excluding hydrogens is 312 g/mol. The Morgan fingerprint density at radius 3 is 2.58 bits per heavy atom. The van der Waals surface area contributed by atoms with E-state index in [0.717, 1.165) is 0 Å². The summed E-state index contributed by atoms with van der Waals surface area (Å²) >= 11 is 0. The number of cyclic esters (lactones) is 1. The minimum Gasteiger partial charge on any atom is -0.458 e. The summed E-state index contributed by atoms with van der Waals surface area (Å²) in [4.78, 5) is 23.5. The van der Waals surface area contributed by atoms with Gasteiger partial charge in [-0.1, -0.05) is 12.2 Å². The van der Waals surface area contributed by atoms with Crippen LogP contribution in [0.2, 0.25) is 0 Å². The molecule has 2 aliphatic heterocycles. The molecule has 0 saturated carbocycles. The molecule has 0 bridgehead atoms. The van der Waals surface area contributed by atoms with Gasteiger partial charge < -0.3 is 18.9 Å². The molecule has 2 heterocycles. The molecule has 0 aromatic heterocycles. The van der Waals surface area contributed by atoms with Gasteiger partial charge in [-0.05, 0) is 47.1 Å². The monoisotopic (exact) mass is 338 g/mol. The van der Waals surface area contributed by atoms with Gasteiger partial charge in [0.2, 0.25) is 0 Å². The highest BCUT2D eigenvalue weighted by atomic mass is 16.7. The molecule has 24 heavy (non-hydrogen) atoms. The second-order valence-electron chi connectivity index (χ2n) is 6.60. The van der Waals surface area contributed by atoms with Crippen molar-refractivity contribution in [1.82, 2.24) is 0 Å². The van der Waals surface area contributed by atoms with Crippen LogP contribution in [0.3, 0.4) is 0 Å². The smallest absolute Gasteiger partial charge is 0.334 e. The number of carbonyl (C=O) groups is 2. The van der Waals surface area contributed by atoms with Crippen molar-refractivity contribution in [2.75, 3.05) is 0 Å². The van der Waals surface area contributed by atoms with E-state index in [1.807, 2.05) is 26.8 Å². The lowest BCUT2D eigenvalue weighted by molar-refractivity contribution is -0.155. The summed E-state index contributed by atoms with van der Waals surface area (Å²) in [6.45, 7) is 9.07. The van der Waals surface area contributed by atoms with Gasteiger partial charge in [0, 0.05) is 12.0 Å².